The lowest BCUT2D eigenvalue weighted by atomic mass is 10.1. The molecule has 1 aromatic carbocycles. The Bertz CT molecular complexity index is 1190. The van der Waals surface area contributed by atoms with E-state index in [0.717, 1.165) is 5.56 Å². The zero-order valence-electron chi connectivity index (χ0n) is 15.5. The van der Waals surface area contributed by atoms with Crippen molar-refractivity contribution in [2.75, 3.05) is 0 Å². The van der Waals surface area contributed by atoms with E-state index in [1.54, 1.807) is 13.2 Å². The number of carbonyl (C=O) groups excluding carboxylic acids is 1. The Kier molecular flexibility index (Phi) is 4.48. The zero-order chi connectivity index (χ0) is 19.7. The van der Waals surface area contributed by atoms with Crippen LogP contribution in [0.15, 0.2) is 60.0 Å². The summed E-state index contributed by atoms with van der Waals surface area (Å²) in [5, 5.41) is 7.39. The fraction of sp³-hybridized carbons (Fsp3) is 0.211. The van der Waals surface area contributed by atoms with Crippen LogP contribution in [-0.2, 0) is 25.4 Å². The summed E-state index contributed by atoms with van der Waals surface area (Å²) in [4.78, 5) is 33.9. The highest BCUT2D eigenvalue weighted by Gasteiger charge is 2.21. The highest BCUT2D eigenvalue weighted by Crippen LogP contribution is 2.20. The van der Waals surface area contributed by atoms with Gasteiger partial charge in [-0.3, -0.25) is 18.8 Å². The van der Waals surface area contributed by atoms with E-state index in [2.05, 4.69) is 20.4 Å². The van der Waals surface area contributed by atoms with E-state index in [9.17, 15) is 9.59 Å². The predicted molar refractivity (Wildman–Crippen MR) is 102 cm³/mol. The van der Waals surface area contributed by atoms with Crippen LogP contribution in [0.2, 0.25) is 0 Å². The molecule has 1 N–H and O–H groups in total. The highest BCUT2D eigenvalue weighted by molar-refractivity contribution is 5.78. The second kappa shape index (κ2) is 7.10. The van der Waals surface area contributed by atoms with Crippen LogP contribution in [0, 0.1) is 0 Å². The van der Waals surface area contributed by atoms with E-state index in [1.807, 2.05) is 48.1 Å². The van der Waals surface area contributed by atoms with Crippen molar-refractivity contribution in [3.8, 4) is 0 Å². The van der Waals surface area contributed by atoms with Gasteiger partial charge in [0.2, 0.25) is 5.91 Å². The molecule has 1 amide bonds. The summed E-state index contributed by atoms with van der Waals surface area (Å²) in [5.41, 5.74) is 1.08. The second-order valence-electron chi connectivity index (χ2n) is 6.49. The van der Waals surface area contributed by atoms with Crippen LogP contribution in [-0.4, -0.2) is 34.8 Å². The molecule has 0 aliphatic heterocycles. The van der Waals surface area contributed by atoms with Crippen molar-refractivity contribution in [3.05, 3.63) is 77.0 Å². The predicted octanol–water partition coefficient (Wildman–Crippen LogP) is 0.769. The Morgan fingerprint density at radius 1 is 1.18 bits per heavy atom. The van der Waals surface area contributed by atoms with Gasteiger partial charge < -0.3 is 9.88 Å². The summed E-state index contributed by atoms with van der Waals surface area (Å²) in [5.74, 6) is 0.386. The Balaban J connectivity index is 1.61. The number of hydrogen-bond acceptors (Lipinski definition) is 5. The molecule has 3 aromatic heterocycles. The maximum Gasteiger partial charge on any atom is 0.264 e. The third kappa shape index (κ3) is 3.18. The topological polar surface area (TPSA) is 99.6 Å². The minimum absolute atomic E-state index is 0.148. The molecule has 9 heteroatoms. The molecular weight excluding hydrogens is 358 g/mol. The summed E-state index contributed by atoms with van der Waals surface area (Å²) in [7, 11) is 3.58. The first-order valence-electron chi connectivity index (χ1n) is 8.73. The second-order valence-corrected chi connectivity index (χ2v) is 6.49. The third-order valence-corrected chi connectivity index (χ3v) is 4.59. The normalized spacial score (nSPS) is 12.2. The lowest BCUT2D eigenvalue weighted by Crippen LogP contribution is -2.36. The summed E-state index contributed by atoms with van der Waals surface area (Å²) in [6.45, 7) is -0.148. The van der Waals surface area contributed by atoms with Gasteiger partial charge in [0.25, 0.3) is 5.56 Å². The number of aryl methyl sites for hydroxylation is 2. The van der Waals surface area contributed by atoms with Crippen LogP contribution < -0.4 is 10.9 Å². The molecule has 4 aromatic rings. The molecule has 0 saturated carbocycles. The van der Waals surface area contributed by atoms with Crippen molar-refractivity contribution in [2.24, 2.45) is 14.1 Å². The number of hydrogen-bond donors (Lipinski definition) is 1. The van der Waals surface area contributed by atoms with Crippen molar-refractivity contribution in [1.82, 2.24) is 34.2 Å². The number of nitrogens with zero attached hydrogens (tertiary/aromatic N) is 6. The smallest absolute Gasteiger partial charge is 0.264 e. The van der Waals surface area contributed by atoms with Crippen LogP contribution in [0.5, 0.6) is 0 Å². The first-order chi connectivity index (χ1) is 13.5. The van der Waals surface area contributed by atoms with Gasteiger partial charge >= 0.3 is 0 Å². The van der Waals surface area contributed by atoms with Crippen LogP contribution >= 0.6 is 0 Å². The van der Waals surface area contributed by atoms with Crippen LogP contribution in [0.1, 0.15) is 17.4 Å². The Morgan fingerprint density at radius 3 is 2.68 bits per heavy atom. The van der Waals surface area contributed by atoms with Crippen molar-refractivity contribution in [1.29, 1.82) is 0 Å². The number of fused-ring (bicyclic) bond motifs is 1. The molecule has 142 valence electrons. The number of amides is 1. The molecule has 1 atom stereocenters. The van der Waals surface area contributed by atoms with Crippen LogP contribution in [0.25, 0.3) is 11.0 Å². The first kappa shape index (κ1) is 17.7. The molecule has 0 spiro atoms. The van der Waals surface area contributed by atoms with E-state index in [-0.39, 0.29) is 18.0 Å². The van der Waals surface area contributed by atoms with E-state index < -0.39 is 6.04 Å². The van der Waals surface area contributed by atoms with E-state index in [0.29, 0.717) is 16.9 Å². The molecule has 0 aliphatic rings. The minimum Gasteiger partial charge on any atom is -0.341 e. The van der Waals surface area contributed by atoms with Gasteiger partial charge in [-0.05, 0) is 5.56 Å². The molecule has 0 radical (unpaired) electrons. The zero-order valence-corrected chi connectivity index (χ0v) is 15.5. The number of rotatable bonds is 5. The van der Waals surface area contributed by atoms with E-state index >= 15 is 0 Å². The van der Waals surface area contributed by atoms with Crippen LogP contribution in [0.3, 0.4) is 0 Å². The maximum absolute atomic E-state index is 12.7. The number of benzene rings is 1. The van der Waals surface area contributed by atoms with E-state index in [1.165, 1.54) is 21.8 Å². The van der Waals surface area contributed by atoms with Crippen molar-refractivity contribution in [3.63, 3.8) is 0 Å². The summed E-state index contributed by atoms with van der Waals surface area (Å²) in [6, 6.07) is 9.14. The molecule has 0 fully saturated rings. The molecule has 28 heavy (non-hydrogen) atoms. The highest BCUT2D eigenvalue weighted by atomic mass is 16.2. The summed E-state index contributed by atoms with van der Waals surface area (Å²) < 4.78 is 4.65. The number of imidazole rings is 1. The summed E-state index contributed by atoms with van der Waals surface area (Å²) >= 11 is 0. The molecule has 3 heterocycles. The standard InChI is InChI=1S/C19H19N7O2/c1-24-9-8-20-18(24)16(13-6-4-3-5-7-13)23-15(27)11-26-12-21-17-14(19(26)28)10-22-25(17)2/h3-10,12,16H,11H2,1-2H3,(H,23,27). The Hall–Kier alpha value is -3.75. The van der Waals surface area contributed by atoms with Gasteiger partial charge in [0.1, 0.15) is 30.1 Å². The molecule has 0 saturated heterocycles. The van der Waals surface area contributed by atoms with Crippen LogP contribution in [0.4, 0.5) is 0 Å². The monoisotopic (exact) mass is 377 g/mol. The summed E-state index contributed by atoms with van der Waals surface area (Å²) in [6.07, 6.45) is 6.33. The average molecular weight is 377 g/mol. The molecule has 1 unspecified atom stereocenters. The lowest BCUT2D eigenvalue weighted by Gasteiger charge is -2.19. The Morgan fingerprint density at radius 2 is 1.96 bits per heavy atom. The van der Waals surface area contributed by atoms with Gasteiger partial charge in [-0.15, -0.1) is 0 Å². The third-order valence-electron chi connectivity index (χ3n) is 4.59. The first-order valence-corrected chi connectivity index (χ1v) is 8.73. The number of aromatic nitrogens is 6. The quantitative estimate of drug-likeness (QED) is 0.554. The van der Waals surface area contributed by atoms with Gasteiger partial charge in [-0.25, -0.2) is 9.97 Å². The van der Waals surface area contributed by atoms with Crippen molar-refractivity contribution >= 4 is 16.9 Å². The van der Waals surface area contributed by atoms with Gasteiger partial charge in [0, 0.05) is 26.5 Å². The number of nitrogens with one attached hydrogen (secondary N) is 1. The fourth-order valence-electron chi connectivity index (χ4n) is 3.14. The maximum atomic E-state index is 12.7. The van der Waals surface area contributed by atoms with Gasteiger partial charge in [0.15, 0.2) is 5.65 Å². The number of carbonyl (C=O) groups is 1. The molecular formula is C19H19N7O2. The Labute approximate surface area is 160 Å². The van der Waals surface area contributed by atoms with Crippen molar-refractivity contribution < 1.29 is 4.79 Å². The van der Waals surface area contributed by atoms with E-state index in [4.69, 9.17) is 0 Å². The molecule has 0 aliphatic carbocycles. The molecule has 4 rings (SSSR count). The molecule has 0 bridgehead atoms. The molecule has 9 nitrogen and oxygen atoms in total. The average Bonchev–Trinajstić information content (AvgIpc) is 3.29. The van der Waals surface area contributed by atoms with Crippen molar-refractivity contribution in [2.45, 2.75) is 12.6 Å². The SMILES string of the molecule is Cn1ccnc1C(NC(=O)Cn1cnc2c(cnn2C)c1=O)c1ccccc1. The van der Waals surface area contributed by atoms with Gasteiger partial charge in [-0.2, -0.15) is 5.10 Å². The minimum atomic E-state index is -0.431. The largest absolute Gasteiger partial charge is 0.341 e. The van der Waals surface area contributed by atoms with Gasteiger partial charge in [0.05, 0.1) is 6.20 Å². The fourth-order valence-corrected chi connectivity index (χ4v) is 3.14. The van der Waals surface area contributed by atoms with Gasteiger partial charge in [-0.1, -0.05) is 30.3 Å². The lowest BCUT2D eigenvalue weighted by molar-refractivity contribution is -0.122.